The van der Waals surface area contributed by atoms with Crippen LogP contribution in [0.4, 0.5) is 0 Å². The Morgan fingerprint density at radius 1 is 1.00 bits per heavy atom. The summed E-state index contributed by atoms with van der Waals surface area (Å²) in [5.74, 6) is -2.54. The molecule has 1 amide bonds. The average Bonchev–Trinajstić information content (AvgIpc) is 3.27. The zero-order valence-electron chi connectivity index (χ0n) is 20.1. The minimum absolute atomic E-state index is 0.147. The zero-order chi connectivity index (χ0) is 25.2. The molecule has 9 nitrogen and oxygen atoms in total. The van der Waals surface area contributed by atoms with Crippen molar-refractivity contribution < 1.29 is 38.1 Å². The second kappa shape index (κ2) is 10.7. The van der Waals surface area contributed by atoms with Gasteiger partial charge >= 0.3 is 11.9 Å². The predicted octanol–water partition coefficient (Wildman–Crippen LogP) is 2.81. The van der Waals surface area contributed by atoms with Crippen molar-refractivity contribution in [1.82, 2.24) is 5.32 Å². The molecule has 1 saturated heterocycles. The van der Waals surface area contributed by atoms with E-state index in [0.29, 0.717) is 18.4 Å². The third-order valence-electron chi connectivity index (χ3n) is 6.52. The summed E-state index contributed by atoms with van der Waals surface area (Å²) in [5.41, 5.74) is 0.459. The van der Waals surface area contributed by atoms with Gasteiger partial charge in [-0.25, -0.2) is 4.79 Å². The van der Waals surface area contributed by atoms with E-state index in [-0.39, 0.29) is 11.0 Å². The van der Waals surface area contributed by atoms with Gasteiger partial charge in [-0.1, -0.05) is 48.5 Å². The van der Waals surface area contributed by atoms with Crippen LogP contribution in [-0.2, 0) is 38.1 Å². The monoisotopic (exact) mass is 505 g/mol. The predicted molar refractivity (Wildman–Crippen MR) is 126 cm³/mol. The van der Waals surface area contributed by atoms with E-state index in [4.69, 9.17) is 18.9 Å². The molecule has 1 aromatic rings. The largest absolute Gasteiger partial charge is 0.454 e. The quantitative estimate of drug-likeness (QED) is 0.582. The van der Waals surface area contributed by atoms with Gasteiger partial charge in [0.15, 0.2) is 17.0 Å². The van der Waals surface area contributed by atoms with E-state index < -0.39 is 53.4 Å². The van der Waals surface area contributed by atoms with Crippen molar-refractivity contribution in [3.63, 3.8) is 0 Å². The first kappa shape index (κ1) is 25.7. The molecule has 190 valence electrons. The maximum absolute atomic E-state index is 13.4. The molecule has 35 heavy (non-hydrogen) atoms. The van der Waals surface area contributed by atoms with Crippen LogP contribution in [0.25, 0.3) is 0 Å². The van der Waals surface area contributed by atoms with E-state index in [2.05, 4.69) is 5.32 Å². The molecule has 3 aliphatic rings. The molecule has 0 aromatic heterocycles. The molecule has 2 aliphatic carbocycles. The van der Waals surface area contributed by atoms with Crippen molar-refractivity contribution >= 4 is 34.7 Å². The van der Waals surface area contributed by atoms with Gasteiger partial charge in [0, 0.05) is 39.2 Å². The number of carbonyl (C=O) groups is 4. The lowest BCUT2D eigenvalue weighted by Gasteiger charge is -2.36. The number of thioether (sulfide) groups is 1. The van der Waals surface area contributed by atoms with Gasteiger partial charge in [-0.15, -0.1) is 0 Å². The van der Waals surface area contributed by atoms with Gasteiger partial charge in [0.05, 0.1) is 11.3 Å². The maximum Gasteiger partial charge on any atom is 0.352 e. The Hall–Kier alpha value is -2.43. The summed E-state index contributed by atoms with van der Waals surface area (Å²) in [4.78, 5) is 49.3. The molecule has 0 radical (unpaired) electrons. The fourth-order valence-corrected chi connectivity index (χ4v) is 6.30. The molecule has 0 unspecified atom stereocenters. The molecule has 4 rings (SSSR count). The first-order valence-electron chi connectivity index (χ1n) is 11.9. The molecule has 6 atom stereocenters. The SMILES string of the molecule is CC(=O)N[C@H]1[C@@H](OC(=O)[C@H](OC(C)=O)c2ccccc2)[C@H]2OC3(CCCCC3)O[C@H]2[C@@H]1SC(C)=O. The molecule has 1 heterocycles. The standard InChI is InChI=1S/C25H31NO8S/c1-14(27)26-18-20(32-24(30)19(31-15(2)28)17-10-6-4-7-11-17)21-22(23(18)35-16(3)29)34-25(33-21)12-8-5-9-13-25/h4,6-7,10-11,18-23H,5,8-9,12-13H2,1-3H3,(H,26,27)/t18-,19+,20+,21+,22+,23+/m0/s1. The van der Waals surface area contributed by atoms with Gasteiger partial charge in [0.2, 0.25) is 12.0 Å². The molecule has 1 spiro atoms. The summed E-state index contributed by atoms with van der Waals surface area (Å²) in [5, 5.41) is 2.18. The molecule has 2 saturated carbocycles. The highest BCUT2D eigenvalue weighted by molar-refractivity contribution is 8.14. The number of fused-ring (bicyclic) bond motifs is 1. The average molecular weight is 506 g/mol. The Kier molecular flexibility index (Phi) is 7.83. The second-order valence-corrected chi connectivity index (χ2v) is 10.6. The van der Waals surface area contributed by atoms with Gasteiger partial charge < -0.3 is 24.3 Å². The van der Waals surface area contributed by atoms with Crippen molar-refractivity contribution in [2.75, 3.05) is 0 Å². The van der Waals surface area contributed by atoms with E-state index in [1.165, 1.54) is 20.8 Å². The van der Waals surface area contributed by atoms with Crippen molar-refractivity contribution in [2.24, 2.45) is 0 Å². The van der Waals surface area contributed by atoms with E-state index >= 15 is 0 Å². The van der Waals surface area contributed by atoms with Crippen molar-refractivity contribution in [3.8, 4) is 0 Å². The summed E-state index contributed by atoms with van der Waals surface area (Å²) in [6.45, 7) is 4.02. The Morgan fingerprint density at radius 3 is 2.26 bits per heavy atom. The van der Waals surface area contributed by atoms with Crippen molar-refractivity contribution in [2.45, 2.75) is 94.4 Å². The maximum atomic E-state index is 13.4. The summed E-state index contributed by atoms with van der Waals surface area (Å²) < 4.78 is 24.1. The van der Waals surface area contributed by atoms with Gasteiger partial charge in [-0.3, -0.25) is 14.4 Å². The fraction of sp³-hybridized carbons (Fsp3) is 0.600. The van der Waals surface area contributed by atoms with E-state index in [1.54, 1.807) is 30.3 Å². The van der Waals surface area contributed by atoms with Crippen LogP contribution in [0.15, 0.2) is 30.3 Å². The third kappa shape index (κ3) is 5.70. The van der Waals surface area contributed by atoms with E-state index in [9.17, 15) is 19.2 Å². The minimum Gasteiger partial charge on any atom is -0.454 e. The number of rotatable bonds is 6. The number of carbonyl (C=O) groups excluding carboxylic acids is 4. The van der Waals surface area contributed by atoms with Gasteiger partial charge in [-0.2, -0.15) is 0 Å². The van der Waals surface area contributed by atoms with Crippen LogP contribution >= 0.6 is 11.8 Å². The Balaban J connectivity index is 1.64. The lowest BCUT2D eigenvalue weighted by atomic mass is 9.94. The molecule has 3 fully saturated rings. The second-order valence-electron chi connectivity index (χ2n) is 9.24. The van der Waals surface area contributed by atoms with Gasteiger partial charge in [0.25, 0.3) is 0 Å². The molecule has 0 bridgehead atoms. The number of benzene rings is 1. The highest BCUT2D eigenvalue weighted by Gasteiger charge is 2.63. The van der Waals surface area contributed by atoms with Crippen LogP contribution < -0.4 is 5.32 Å². The molecule has 10 heteroatoms. The molecular formula is C25H31NO8S. The Labute approximate surface area is 208 Å². The molecule has 1 N–H and O–H groups in total. The minimum atomic E-state index is -1.28. The summed E-state index contributed by atoms with van der Waals surface area (Å²) in [6.07, 6.45) is 0.959. The van der Waals surface area contributed by atoms with Crippen LogP contribution in [-0.4, -0.2) is 58.4 Å². The smallest absolute Gasteiger partial charge is 0.352 e. The number of ether oxygens (including phenoxy) is 4. The van der Waals surface area contributed by atoms with Crippen molar-refractivity contribution in [3.05, 3.63) is 35.9 Å². The highest BCUT2D eigenvalue weighted by Crippen LogP contribution is 2.49. The van der Waals surface area contributed by atoms with Gasteiger partial charge in [0.1, 0.15) is 12.2 Å². The topological polar surface area (TPSA) is 117 Å². The Bertz CT molecular complexity index is 963. The number of hydrogen-bond acceptors (Lipinski definition) is 9. The van der Waals surface area contributed by atoms with Crippen LogP contribution in [0.3, 0.4) is 0 Å². The van der Waals surface area contributed by atoms with E-state index in [0.717, 1.165) is 31.0 Å². The lowest BCUT2D eigenvalue weighted by molar-refractivity contribution is -0.212. The van der Waals surface area contributed by atoms with Crippen LogP contribution in [0.5, 0.6) is 0 Å². The molecular weight excluding hydrogens is 474 g/mol. The summed E-state index contributed by atoms with van der Waals surface area (Å²) in [6, 6.07) is 7.84. The number of hydrogen-bond donors (Lipinski definition) is 1. The van der Waals surface area contributed by atoms with E-state index in [1.807, 2.05) is 0 Å². The number of esters is 2. The molecule has 1 aliphatic heterocycles. The Morgan fingerprint density at radius 2 is 1.66 bits per heavy atom. The third-order valence-corrected chi connectivity index (χ3v) is 7.69. The first-order chi connectivity index (χ1) is 16.7. The van der Waals surface area contributed by atoms with Crippen LogP contribution in [0.1, 0.15) is 64.5 Å². The van der Waals surface area contributed by atoms with Crippen LogP contribution in [0.2, 0.25) is 0 Å². The summed E-state index contributed by atoms with van der Waals surface area (Å²) >= 11 is 1.05. The zero-order valence-corrected chi connectivity index (χ0v) is 20.9. The lowest BCUT2D eigenvalue weighted by Crippen LogP contribution is -2.51. The normalized spacial score (nSPS) is 29.7. The first-order valence-corrected chi connectivity index (χ1v) is 12.8. The van der Waals surface area contributed by atoms with Crippen LogP contribution in [0, 0.1) is 0 Å². The molecule has 1 aromatic carbocycles. The van der Waals surface area contributed by atoms with Gasteiger partial charge in [-0.05, 0) is 12.8 Å². The number of nitrogens with one attached hydrogen (secondary N) is 1. The summed E-state index contributed by atoms with van der Waals surface area (Å²) in [7, 11) is 0. The highest BCUT2D eigenvalue weighted by atomic mass is 32.2. The number of amides is 1. The fourth-order valence-electron chi connectivity index (χ4n) is 5.20. The van der Waals surface area contributed by atoms with Crippen molar-refractivity contribution in [1.29, 1.82) is 0 Å².